The predicted molar refractivity (Wildman–Crippen MR) is 188 cm³/mol. The normalized spacial score (nSPS) is 18.0. The van der Waals surface area contributed by atoms with Crippen LogP contribution in [-0.4, -0.2) is 91.1 Å². The van der Waals surface area contributed by atoms with Gasteiger partial charge in [-0.05, 0) is 73.0 Å². The summed E-state index contributed by atoms with van der Waals surface area (Å²) in [6.45, 7) is 8.49. The summed E-state index contributed by atoms with van der Waals surface area (Å²) in [6.07, 6.45) is 4.60. The molecule has 268 valence electrons. The van der Waals surface area contributed by atoms with Crippen molar-refractivity contribution >= 4 is 24.0 Å². The van der Waals surface area contributed by atoms with Crippen LogP contribution in [0.1, 0.15) is 88.4 Å². The second kappa shape index (κ2) is 16.3. The van der Waals surface area contributed by atoms with Crippen molar-refractivity contribution in [1.82, 2.24) is 40.4 Å². The fraction of sp³-hybridized carbons (Fsp3) is 0.459. The van der Waals surface area contributed by atoms with Gasteiger partial charge in [-0.2, -0.15) is 0 Å². The molecule has 1 aromatic carbocycles. The van der Waals surface area contributed by atoms with Gasteiger partial charge in [0.2, 0.25) is 11.8 Å². The van der Waals surface area contributed by atoms with Gasteiger partial charge in [0.25, 0.3) is 0 Å². The lowest BCUT2D eigenvalue weighted by molar-refractivity contribution is -0.136. The number of methoxy groups -OCH3 is 1. The van der Waals surface area contributed by atoms with E-state index in [4.69, 9.17) is 4.74 Å². The molecule has 5 rings (SSSR count). The minimum Gasteiger partial charge on any atom is -0.465 e. The minimum atomic E-state index is -1.22. The van der Waals surface area contributed by atoms with Crippen molar-refractivity contribution in [2.45, 2.75) is 77.5 Å². The molecule has 4 amide bonds. The van der Waals surface area contributed by atoms with Crippen molar-refractivity contribution in [1.29, 1.82) is 0 Å². The van der Waals surface area contributed by atoms with E-state index in [1.807, 2.05) is 52.0 Å². The predicted octanol–water partition coefficient (Wildman–Crippen LogP) is 4.20. The zero-order valence-corrected chi connectivity index (χ0v) is 29.4. The molecule has 0 bridgehead atoms. The summed E-state index contributed by atoms with van der Waals surface area (Å²) < 4.78 is 4.71. The molecule has 14 heteroatoms. The standard InChI is InChI=1S/C37H44N8O6/c1-22(2)30(42-36(48)49)34(46)45-19-9-13-29(45)33-39-21-27(41-33)25-16-14-24(15-17-25)10-6-7-11-26-20-38-32(40-26)28-12-8-18-44(28)35(47)31(23(3)4)43-37(50)51-5/h14-17,20-23,28-31,42H,8-9,12-13,18-19H2,1-5H3,(H,38,40)(H,39,41)(H,43,50)(H,48,49)/t28-,29-,30-,31-/m0/s1. The van der Waals surface area contributed by atoms with E-state index in [0.29, 0.717) is 30.4 Å². The first-order valence-electron chi connectivity index (χ1n) is 17.1. The molecule has 5 N–H and O–H groups in total. The van der Waals surface area contributed by atoms with Crippen LogP contribution in [-0.2, 0) is 14.3 Å². The number of nitrogens with zero attached hydrogens (tertiary/aromatic N) is 4. The zero-order valence-electron chi connectivity index (χ0n) is 29.4. The number of hydrogen-bond donors (Lipinski definition) is 5. The van der Waals surface area contributed by atoms with Crippen LogP contribution in [0.4, 0.5) is 9.59 Å². The lowest BCUT2D eigenvalue weighted by Gasteiger charge is -2.29. The Balaban J connectivity index is 1.20. The topological polar surface area (TPSA) is 186 Å². The van der Waals surface area contributed by atoms with E-state index in [0.717, 1.165) is 42.5 Å². The molecule has 2 aliphatic rings. The number of rotatable bonds is 9. The van der Waals surface area contributed by atoms with Gasteiger partial charge in [-0.25, -0.2) is 19.6 Å². The number of carbonyl (C=O) groups excluding carboxylic acids is 3. The molecule has 4 atom stereocenters. The summed E-state index contributed by atoms with van der Waals surface area (Å²) in [7, 11) is 1.27. The van der Waals surface area contributed by atoms with Crippen molar-refractivity contribution in [3.63, 3.8) is 0 Å². The molecule has 3 aromatic rings. The number of carbonyl (C=O) groups is 4. The first kappa shape index (κ1) is 36.5. The number of nitrogens with one attached hydrogen (secondary N) is 4. The number of H-pyrrole nitrogens is 2. The fourth-order valence-corrected chi connectivity index (χ4v) is 6.49. The lowest BCUT2D eigenvalue weighted by Crippen LogP contribution is -2.51. The van der Waals surface area contributed by atoms with E-state index in [9.17, 15) is 24.3 Å². The molecule has 4 heterocycles. The highest BCUT2D eigenvalue weighted by Gasteiger charge is 2.38. The highest BCUT2D eigenvalue weighted by Crippen LogP contribution is 2.33. The maximum absolute atomic E-state index is 13.4. The molecule has 0 unspecified atom stereocenters. The first-order valence-corrected chi connectivity index (χ1v) is 17.1. The number of likely N-dealkylation sites (tertiary alicyclic amines) is 2. The Morgan fingerprint density at radius 1 is 0.824 bits per heavy atom. The van der Waals surface area contributed by atoms with Crippen LogP contribution in [0, 0.1) is 35.5 Å². The van der Waals surface area contributed by atoms with Gasteiger partial charge in [0.05, 0.1) is 37.3 Å². The second-order valence-corrected chi connectivity index (χ2v) is 13.3. The molecule has 2 fully saturated rings. The van der Waals surface area contributed by atoms with Crippen molar-refractivity contribution in [3.8, 4) is 34.9 Å². The smallest absolute Gasteiger partial charge is 0.407 e. The van der Waals surface area contributed by atoms with Crippen LogP contribution >= 0.6 is 0 Å². The van der Waals surface area contributed by atoms with Crippen LogP contribution in [0.2, 0.25) is 0 Å². The van der Waals surface area contributed by atoms with E-state index in [-0.39, 0.29) is 35.7 Å². The first-order chi connectivity index (χ1) is 24.5. The molecule has 14 nitrogen and oxygen atoms in total. The maximum atomic E-state index is 13.4. The van der Waals surface area contributed by atoms with Crippen LogP contribution in [0.3, 0.4) is 0 Å². The third-order valence-corrected chi connectivity index (χ3v) is 9.16. The van der Waals surface area contributed by atoms with Gasteiger partial charge in [-0.3, -0.25) is 9.59 Å². The van der Waals surface area contributed by atoms with Crippen molar-refractivity contribution in [2.75, 3.05) is 20.2 Å². The molecule has 0 aliphatic carbocycles. The van der Waals surface area contributed by atoms with Gasteiger partial charge in [0.1, 0.15) is 29.4 Å². The summed E-state index contributed by atoms with van der Waals surface area (Å²) in [5.41, 5.74) is 3.05. The molecule has 0 radical (unpaired) electrons. The van der Waals surface area contributed by atoms with E-state index in [2.05, 4.69) is 54.3 Å². The number of carboxylic acid groups (broad SMARTS) is 1. The lowest BCUT2D eigenvalue weighted by atomic mass is 10.0. The van der Waals surface area contributed by atoms with Gasteiger partial charge in [-0.1, -0.05) is 45.7 Å². The summed E-state index contributed by atoms with van der Waals surface area (Å²) in [5, 5.41) is 14.2. The minimum absolute atomic E-state index is 0.120. The number of imidazole rings is 2. The van der Waals surface area contributed by atoms with Crippen molar-refractivity contribution < 1.29 is 29.0 Å². The largest absolute Gasteiger partial charge is 0.465 e. The highest BCUT2D eigenvalue weighted by atomic mass is 16.5. The summed E-state index contributed by atoms with van der Waals surface area (Å²) >= 11 is 0. The number of alkyl carbamates (subject to hydrolysis) is 1. The third-order valence-electron chi connectivity index (χ3n) is 9.16. The molecular formula is C37H44N8O6. The third kappa shape index (κ3) is 8.70. The fourth-order valence-electron chi connectivity index (χ4n) is 6.49. The quantitative estimate of drug-likeness (QED) is 0.206. The Morgan fingerprint density at radius 2 is 1.37 bits per heavy atom. The van der Waals surface area contributed by atoms with Crippen molar-refractivity contribution in [2.24, 2.45) is 11.8 Å². The number of ether oxygens (including phenoxy) is 1. The molecular weight excluding hydrogens is 652 g/mol. The number of hydrogen-bond acceptors (Lipinski definition) is 7. The van der Waals surface area contributed by atoms with Gasteiger partial charge < -0.3 is 40.2 Å². The number of amides is 4. The molecule has 51 heavy (non-hydrogen) atoms. The number of benzene rings is 1. The molecule has 2 aliphatic heterocycles. The van der Waals surface area contributed by atoms with Crippen LogP contribution in [0.25, 0.3) is 11.3 Å². The Hall–Kier alpha value is -5.76. The van der Waals surface area contributed by atoms with Gasteiger partial charge >= 0.3 is 12.2 Å². The summed E-state index contributed by atoms with van der Waals surface area (Å²) in [6, 6.07) is 5.60. The van der Waals surface area contributed by atoms with Gasteiger partial charge in [0, 0.05) is 18.7 Å². The van der Waals surface area contributed by atoms with Crippen LogP contribution in [0.5, 0.6) is 0 Å². The number of aromatic nitrogens is 4. The van der Waals surface area contributed by atoms with E-state index in [1.54, 1.807) is 22.2 Å². The average molecular weight is 697 g/mol. The van der Waals surface area contributed by atoms with Gasteiger partial charge in [-0.15, -0.1) is 0 Å². The van der Waals surface area contributed by atoms with Crippen LogP contribution in [0.15, 0.2) is 36.7 Å². The maximum Gasteiger partial charge on any atom is 0.407 e. The Bertz CT molecular complexity index is 1860. The highest BCUT2D eigenvalue weighted by molar-refractivity contribution is 5.87. The second-order valence-electron chi connectivity index (χ2n) is 13.3. The average Bonchev–Trinajstić information content (AvgIpc) is 3.93. The van der Waals surface area contributed by atoms with Gasteiger partial charge in [0.15, 0.2) is 0 Å². The molecule has 2 saturated heterocycles. The molecule has 0 spiro atoms. The Labute approximate surface area is 297 Å². The van der Waals surface area contributed by atoms with E-state index < -0.39 is 24.3 Å². The molecule has 2 aromatic heterocycles. The monoisotopic (exact) mass is 696 g/mol. The zero-order chi connectivity index (χ0) is 36.7. The number of aromatic amines is 2. The van der Waals surface area contributed by atoms with Crippen molar-refractivity contribution in [3.05, 3.63) is 59.6 Å². The van der Waals surface area contributed by atoms with Crippen LogP contribution < -0.4 is 10.6 Å². The summed E-state index contributed by atoms with van der Waals surface area (Å²) in [4.78, 5) is 68.9. The Kier molecular flexibility index (Phi) is 11.7. The Morgan fingerprint density at radius 3 is 1.94 bits per heavy atom. The SMILES string of the molecule is COC(=O)N[C@H](C(=O)N1CCC[C@H]1c1ncc(C#CC#Cc2ccc(-c3cnc([C@@H]4CCCN4C(=O)[C@@H](NC(=O)O)C(C)C)[nH]3)cc2)[nH]1)C(C)C. The molecule has 0 saturated carbocycles. The summed E-state index contributed by atoms with van der Waals surface area (Å²) in [5.74, 6) is 12.3. The van der Waals surface area contributed by atoms with E-state index >= 15 is 0 Å². The van der Waals surface area contributed by atoms with E-state index in [1.165, 1.54) is 7.11 Å².